The highest BCUT2D eigenvalue weighted by Crippen LogP contribution is 2.22. The van der Waals surface area contributed by atoms with Crippen LogP contribution in [0, 0.1) is 5.92 Å². The van der Waals surface area contributed by atoms with Crippen LogP contribution in [0.25, 0.3) is 0 Å². The molecule has 0 unspecified atom stereocenters. The average Bonchev–Trinajstić information content (AvgIpc) is 2.29. The second-order valence-corrected chi connectivity index (χ2v) is 5.20. The molecule has 0 aliphatic heterocycles. The van der Waals surface area contributed by atoms with E-state index >= 15 is 0 Å². The quantitative estimate of drug-likeness (QED) is 0.847. The topological polar surface area (TPSA) is 54.0 Å². The highest BCUT2D eigenvalue weighted by atomic mass is 35.5. The minimum atomic E-state index is 0.0151. The van der Waals surface area contributed by atoms with E-state index in [0.717, 1.165) is 0 Å². The third kappa shape index (κ3) is 5.56. The van der Waals surface area contributed by atoms with E-state index in [9.17, 15) is 4.79 Å². The third-order valence-electron chi connectivity index (χ3n) is 2.16. The number of halogens is 2. The number of pyridine rings is 1. The fraction of sp³-hybridized carbons (Fsp3) is 0.500. The molecule has 0 fully saturated rings. The number of nitrogens with zero attached hydrogens (tertiary/aromatic N) is 1. The standard InChI is InChI=1S/C12H17Cl2N3O/c1-8(2)6-16-11(18)3-4-15-12-10(14)5-9(13)7-17-12/h5,7-8H,3-4,6H2,1-2H3,(H,15,17)(H,16,18). The van der Waals surface area contributed by atoms with Gasteiger partial charge in [-0.1, -0.05) is 37.0 Å². The molecule has 0 bridgehead atoms. The van der Waals surface area contributed by atoms with Crippen molar-refractivity contribution < 1.29 is 4.79 Å². The van der Waals surface area contributed by atoms with Crippen molar-refractivity contribution in [1.29, 1.82) is 0 Å². The molecule has 0 aromatic carbocycles. The molecule has 1 heterocycles. The lowest BCUT2D eigenvalue weighted by Crippen LogP contribution is -2.28. The van der Waals surface area contributed by atoms with E-state index in [2.05, 4.69) is 29.5 Å². The number of hydrogen-bond donors (Lipinski definition) is 2. The molecule has 0 atom stereocenters. The minimum absolute atomic E-state index is 0.0151. The fourth-order valence-electron chi connectivity index (χ4n) is 1.25. The normalized spacial score (nSPS) is 10.5. The summed E-state index contributed by atoms with van der Waals surface area (Å²) >= 11 is 11.7. The van der Waals surface area contributed by atoms with Crippen molar-refractivity contribution in [2.45, 2.75) is 20.3 Å². The van der Waals surface area contributed by atoms with Crippen molar-refractivity contribution in [3.8, 4) is 0 Å². The Bertz CT molecular complexity index is 410. The van der Waals surface area contributed by atoms with E-state index in [-0.39, 0.29) is 5.91 Å². The van der Waals surface area contributed by atoms with E-state index in [1.165, 1.54) is 6.20 Å². The van der Waals surface area contributed by atoms with Crippen molar-refractivity contribution in [2.24, 2.45) is 5.92 Å². The van der Waals surface area contributed by atoms with Crippen LogP contribution >= 0.6 is 23.2 Å². The molecule has 0 radical (unpaired) electrons. The lowest BCUT2D eigenvalue weighted by atomic mass is 10.2. The zero-order chi connectivity index (χ0) is 13.5. The van der Waals surface area contributed by atoms with Gasteiger partial charge in [0.05, 0.1) is 10.0 Å². The second kappa shape index (κ2) is 7.44. The van der Waals surface area contributed by atoms with Gasteiger partial charge in [-0.15, -0.1) is 0 Å². The fourth-order valence-corrected chi connectivity index (χ4v) is 1.69. The van der Waals surface area contributed by atoms with Crippen LogP contribution in [0.4, 0.5) is 5.82 Å². The molecule has 6 heteroatoms. The van der Waals surface area contributed by atoms with Gasteiger partial charge in [0.2, 0.25) is 5.91 Å². The Labute approximate surface area is 117 Å². The van der Waals surface area contributed by atoms with Crippen LogP contribution < -0.4 is 10.6 Å². The molecule has 0 aliphatic rings. The van der Waals surface area contributed by atoms with Crippen LogP contribution in [-0.4, -0.2) is 24.0 Å². The number of amides is 1. The van der Waals surface area contributed by atoms with Gasteiger partial charge in [0.25, 0.3) is 0 Å². The van der Waals surface area contributed by atoms with Crippen molar-refractivity contribution >= 4 is 34.9 Å². The average molecular weight is 290 g/mol. The summed E-state index contributed by atoms with van der Waals surface area (Å²) in [5.41, 5.74) is 0. The monoisotopic (exact) mass is 289 g/mol. The van der Waals surface area contributed by atoms with Gasteiger partial charge in [-0.3, -0.25) is 4.79 Å². The molecule has 0 spiro atoms. The van der Waals surface area contributed by atoms with Crippen LogP contribution in [0.2, 0.25) is 10.0 Å². The lowest BCUT2D eigenvalue weighted by Gasteiger charge is -2.09. The summed E-state index contributed by atoms with van der Waals surface area (Å²) in [6, 6.07) is 1.61. The van der Waals surface area contributed by atoms with E-state index < -0.39 is 0 Å². The zero-order valence-electron chi connectivity index (χ0n) is 10.5. The molecule has 100 valence electrons. The molecule has 0 aliphatic carbocycles. The number of carbonyl (C=O) groups is 1. The molecule has 1 amide bonds. The van der Waals surface area contributed by atoms with Crippen molar-refractivity contribution in [3.05, 3.63) is 22.3 Å². The van der Waals surface area contributed by atoms with Gasteiger partial charge in [0.15, 0.2) is 0 Å². The maximum absolute atomic E-state index is 11.5. The summed E-state index contributed by atoms with van der Waals surface area (Å²) in [6.07, 6.45) is 1.89. The van der Waals surface area contributed by atoms with Crippen LogP contribution in [0.5, 0.6) is 0 Å². The van der Waals surface area contributed by atoms with E-state index in [4.69, 9.17) is 23.2 Å². The highest BCUT2D eigenvalue weighted by molar-refractivity contribution is 6.35. The smallest absolute Gasteiger partial charge is 0.221 e. The van der Waals surface area contributed by atoms with Gasteiger partial charge in [-0.2, -0.15) is 0 Å². The van der Waals surface area contributed by atoms with Gasteiger partial charge < -0.3 is 10.6 Å². The molecule has 4 nitrogen and oxygen atoms in total. The Morgan fingerprint density at radius 3 is 2.78 bits per heavy atom. The summed E-state index contributed by atoms with van der Waals surface area (Å²) < 4.78 is 0. The molecule has 0 saturated heterocycles. The van der Waals surface area contributed by atoms with Crippen molar-refractivity contribution in [3.63, 3.8) is 0 Å². The van der Waals surface area contributed by atoms with Crippen LogP contribution in [0.3, 0.4) is 0 Å². The maximum atomic E-state index is 11.5. The van der Waals surface area contributed by atoms with Crippen LogP contribution in [0.1, 0.15) is 20.3 Å². The number of hydrogen-bond acceptors (Lipinski definition) is 3. The van der Waals surface area contributed by atoms with E-state index in [0.29, 0.717) is 41.3 Å². The number of rotatable bonds is 6. The second-order valence-electron chi connectivity index (χ2n) is 4.36. The summed E-state index contributed by atoms with van der Waals surface area (Å²) in [6.45, 7) is 5.28. The van der Waals surface area contributed by atoms with Crippen molar-refractivity contribution in [2.75, 3.05) is 18.4 Å². The number of nitrogens with one attached hydrogen (secondary N) is 2. The summed E-state index contributed by atoms with van der Waals surface area (Å²) in [5, 5.41) is 6.77. The summed E-state index contributed by atoms with van der Waals surface area (Å²) in [4.78, 5) is 15.5. The largest absolute Gasteiger partial charge is 0.368 e. The molecule has 2 N–H and O–H groups in total. The molecule has 18 heavy (non-hydrogen) atoms. The van der Waals surface area contributed by atoms with Crippen LogP contribution in [0.15, 0.2) is 12.3 Å². The van der Waals surface area contributed by atoms with E-state index in [1.807, 2.05) is 0 Å². The third-order valence-corrected chi connectivity index (χ3v) is 2.65. The first-order chi connectivity index (χ1) is 8.49. The predicted octanol–water partition coefficient (Wildman–Crippen LogP) is 2.96. The number of carbonyl (C=O) groups excluding carboxylic acids is 1. The van der Waals surface area contributed by atoms with Gasteiger partial charge in [-0.25, -0.2) is 4.98 Å². The molecule has 1 rings (SSSR count). The van der Waals surface area contributed by atoms with Crippen LogP contribution in [-0.2, 0) is 4.79 Å². The van der Waals surface area contributed by atoms with Crippen molar-refractivity contribution in [1.82, 2.24) is 10.3 Å². The first-order valence-electron chi connectivity index (χ1n) is 5.80. The summed E-state index contributed by atoms with van der Waals surface area (Å²) in [5.74, 6) is 1.01. The van der Waals surface area contributed by atoms with Gasteiger partial charge in [0.1, 0.15) is 5.82 Å². The molecular formula is C12H17Cl2N3O. The van der Waals surface area contributed by atoms with Gasteiger partial charge in [0, 0.05) is 25.7 Å². The Kier molecular flexibility index (Phi) is 6.22. The minimum Gasteiger partial charge on any atom is -0.368 e. The van der Waals surface area contributed by atoms with Gasteiger partial charge >= 0.3 is 0 Å². The molecular weight excluding hydrogens is 273 g/mol. The number of aromatic nitrogens is 1. The van der Waals surface area contributed by atoms with Gasteiger partial charge in [-0.05, 0) is 12.0 Å². The van der Waals surface area contributed by atoms with E-state index in [1.54, 1.807) is 6.07 Å². The Morgan fingerprint density at radius 1 is 1.44 bits per heavy atom. The SMILES string of the molecule is CC(C)CNC(=O)CCNc1ncc(Cl)cc1Cl. The Hall–Kier alpha value is -1.000. The first kappa shape index (κ1) is 15.1. The molecule has 1 aromatic rings. The number of anilines is 1. The zero-order valence-corrected chi connectivity index (χ0v) is 12.0. The molecule has 0 saturated carbocycles. The summed E-state index contributed by atoms with van der Waals surface area (Å²) in [7, 11) is 0. The first-order valence-corrected chi connectivity index (χ1v) is 6.56. The highest BCUT2D eigenvalue weighted by Gasteiger charge is 2.05. The lowest BCUT2D eigenvalue weighted by molar-refractivity contribution is -0.120. The Morgan fingerprint density at radius 2 is 2.17 bits per heavy atom. The Balaban J connectivity index is 2.31. The maximum Gasteiger partial charge on any atom is 0.221 e. The molecule has 1 aromatic heterocycles. The predicted molar refractivity (Wildman–Crippen MR) is 75.2 cm³/mol.